The van der Waals surface area contributed by atoms with E-state index in [9.17, 15) is 14.9 Å². The van der Waals surface area contributed by atoms with E-state index in [1.54, 1.807) is 4.52 Å². The standard InChI is InChI=1S/C15H13ClN6O3S/c1-8-5-9(2)21-14(17-8)19-15(20-21)26-7-13(23)18-12-4-3-10(22(24)25)6-11(12)16/h3-6H,7H2,1-2H3,(H,18,23). The summed E-state index contributed by atoms with van der Waals surface area (Å²) in [6.07, 6.45) is 0. The zero-order chi connectivity index (χ0) is 18.8. The summed E-state index contributed by atoms with van der Waals surface area (Å²) in [5.74, 6) is 0.205. The molecule has 9 nitrogen and oxygen atoms in total. The van der Waals surface area contributed by atoms with Crippen molar-refractivity contribution >= 4 is 46.4 Å². The van der Waals surface area contributed by atoms with Gasteiger partial charge in [0.15, 0.2) is 0 Å². The monoisotopic (exact) mass is 392 g/mol. The number of nitro benzene ring substituents is 1. The number of fused-ring (bicyclic) bond motifs is 1. The van der Waals surface area contributed by atoms with Gasteiger partial charge in [-0.15, -0.1) is 5.10 Å². The molecule has 134 valence electrons. The second kappa shape index (κ2) is 7.26. The number of hydrogen-bond acceptors (Lipinski definition) is 7. The van der Waals surface area contributed by atoms with Crippen LogP contribution in [-0.2, 0) is 4.79 Å². The van der Waals surface area contributed by atoms with Crippen LogP contribution in [0, 0.1) is 24.0 Å². The van der Waals surface area contributed by atoms with E-state index in [1.165, 1.54) is 18.2 Å². The van der Waals surface area contributed by atoms with Gasteiger partial charge in [0.25, 0.3) is 11.5 Å². The van der Waals surface area contributed by atoms with Gasteiger partial charge in [-0.3, -0.25) is 14.9 Å². The molecule has 1 aromatic carbocycles. The van der Waals surface area contributed by atoms with Crippen molar-refractivity contribution in [1.82, 2.24) is 19.6 Å². The van der Waals surface area contributed by atoms with E-state index in [1.807, 2.05) is 19.9 Å². The Morgan fingerprint density at radius 2 is 2.12 bits per heavy atom. The first-order valence-corrected chi connectivity index (χ1v) is 8.77. The molecule has 3 aromatic rings. The average molecular weight is 393 g/mol. The zero-order valence-corrected chi connectivity index (χ0v) is 15.3. The molecule has 2 heterocycles. The van der Waals surface area contributed by atoms with Crippen molar-refractivity contribution in [2.45, 2.75) is 19.0 Å². The Morgan fingerprint density at radius 1 is 1.35 bits per heavy atom. The van der Waals surface area contributed by atoms with Crippen molar-refractivity contribution in [3.05, 3.63) is 50.8 Å². The van der Waals surface area contributed by atoms with E-state index >= 15 is 0 Å². The van der Waals surface area contributed by atoms with Gasteiger partial charge in [-0.25, -0.2) is 9.50 Å². The van der Waals surface area contributed by atoms with Gasteiger partial charge < -0.3 is 5.32 Å². The minimum atomic E-state index is -0.555. The van der Waals surface area contributed by atoms with E-state index in [4.69, 9.17) is 11.6 Å². The number of non-ortho nitro benzene ring substituents is 1. The van der Waals surface area contributed by atoms with Crippen LogP contribution in [0.4, 0.5) is 11.4 Å². The maximum Gasteiger partial charge on any atom is 0.271 e. The molecule has 11 heteroatoms. The smallest absolute Gasteiger partial charge is 0.271 e. The second-order valence-corrected chi connectivity index (χ2v) is 6.75. The fourth-order valence-corrected chi connectivity index (χ4v) is 3.08. The maximum atomic E-state index is 12.1. The number of amides is 1. The Balaban J connectivity index is 1.66. The highest BCUT2D eigenvalue weighted by Gasteiger charge is 2.13. The summed E-state index contributed by atoms with van der Waals surface area (Å²) in [7, 11) is 0. The van der Waals surface area contributed by atoms with Crippen LogP contribution in [0.25, 0.3) is 5.78 Å². The van der Waals surface area contributed by atoms with Crippen molar-refractivity contribution in [1.29, 1.82) is 0 Å². The molecule has 1 amide bonds. The number of anilines is 1. The van der Waals surface area contributed by atoms with Crippen LogP contribution in [-0.4, -0.2) is 36.2 Å². The number of carbonyl (C=O) groups is 1. The van der Waals surface area contributed by atoms with Gasteiger partial charge in [-0.2, -0.15) is 4.98 Å². The van der Waals surface area contributed by atoms with Gasteiger partial charge in [0.2, 0.25) is 11.1 Å². The number of benzene rings is 1. The van der Waals surface area contributed by atoms with E-state index in [0.717, 1.165) is 23.1 Å². The number of nitro groups is 1. The number of aryl methyl sites for hydroxylation is 2. The molecule has 0 spiro atoms. The summed E-state index contributed by atoms with van der Waals surface area (Å²) in [6.45, 7) is 3.77. The molecule has 0 fully saturated rings. The normalized spacial score (nSPS) is 10.9. The quantitative estimate of drug-likeness (QED) is 0.403. The number of aromatic nitrogens is 4. The van der Waals surface area contributed by atoms with E-state index in [-0.39, 0.29) is 22.4 Å². The molecule has 0 radical (unpaired) electrons. The lowest BCUT2D eigenvalue weighted by molar-refractivity contribution is -0.384. The van der Waals surface area contributed by atoms with Gasteiger partial charge in [0.1, 0.15) is 0 Å². The van der Waals surface area contributed by atoms with Crippen LogP contribution in [0.15, 0.2) is 29.4 Å². The Kier molecular flexibility index (Phi) is 5.05. The van der Waals surface area contributed by atoms with Crippen LogP contribution in [0.5, 0.6) is 0 Å². The molecule has 0 aliphatic rings. The molecule has 26 heavy (non-hydrogen) atoms. The Bertz CT molecular complexity index is 1020. The second-order valence-electron chi connectivity index (χ2n) is 5.40. The third-order valence-electron chi connectivity index (χ3n) is 3.37. The SMILES string of the molecule is Cc1cc(C)n2nc(SCC(=O)Nc3ccc([N+](=O)[O-])cc3Cl)nc2n1. The first-order valence-electron chi connectivity index (χ1n) is 7.41. The van der Waals surface area contributed by atoms with E-state index in [2.05, 4.69) is 20.4 Å². The third-order valence-corrected chi connectivity index (χ3v) is 4.52. The molecule has 0 atom stereocenters. The van der Waals surface area contributed by atoms with Crippen LogP contribution >= 0.6 is 23.4 Å². The maximum absolute atomic E-state index is 12.1. The minimum absolute atomic E-state index is 0.0578. The Hall–Kier alpha value is -2.72. The van der Waals surface area contributed by atoms with E-state index in [0.29, 0.717) is 16.6 Å². The number of rotatable bonds is 5. The average Bonchev–Trinajstić information content (AvgIpc) is 2.98. The van der Waals surface area contributed by atoms with Crippen LogP contribution < -0.4 is 5.32 Å². The number of nitrogens with one attached hydrogen (secondary N) is 1. The predicted octanol–water partition coefficient (Wildman–Crippen LogP) is 3.03. The Labute approximate surface area is 156 Å². The lowest BCUT2D eigenvalue weighted by Gasteiger charge is -2.06. The first-order chi connectivity index (χ1) is 12.3. The van der Waals surface area contributed by atoms with Gasteiger partial charge in [-0.05, 0) is 26.0 Å². The highest BCUT2D eigenvalue weighted by Crippen LogP contribution is 2.27. The number of carbonyl (C=O) groups excluding carboxylic acids is 1. The summed E-state index contributed by atoms with van der Waals surface area (Å²) in [4.78, 5) is 30.8. The van der Waals surface area contributed by atoms with Crippen molar-refractivity contribution in [2.24, 2.45) is 0 Å². The summed E-state index contributed by atoms with van der Waals surface area (Å²) in [5, 5.41) is 18.1. The lowest BCUT2D eigenvalue weighted by Crippen LogP contribution is -2.14. The molecular weight excluding hydrogens is 380 g/mol. The number of nitrogens with zero attached hydrogens (tertiary/aromatic N) is 5. The predicted molar refractivity (Wildman–Crippen MR) is 97.7 cm³/mol. The van der Waals surface area contributed by atoms with Crippen molar-refractivity contribution in [2.75, 3.05) is 11.1 Å². The lowest BCUT2D eigenvalue weighted by atomic mass is 10.3. The number of thioether (sulfide) groups is 1. The molecule has 0 aliphatic carbocycles. The van der Waals surface area contributed by atoms with Crippen LogP contribution in [0.3, 0.4) is 0 Å². The first kappa shape index (κ1) is 18.1. The van der Waals surface area contributed by atoms with Gasteiger partial charge in [0.05, 0.1) is 21.4 Å². The Morgan fingerprint density at radius 3 is 2.81 bits per heavy atom. The van der Waals surface area contributed by atoms with Crippen molar-refractivity contribution < 1.29 is 9.72 Å². The highest BCUT2D eigenvalue weighted by atomic mass is 35.5. The molecule has 0 saturated heterocycles. The third kappa shape index (κ3) is 3.92. The fourth-order valence-electron chi connectivity index (χ4n) is 2.24. The largest absolute Gasteiger partial charge is 0.324 e. The number of halogens is 1. The molecule has 2 aromatic heterocycles. The fraction of sp³-hybridized carbons (Fsp3) is 0.200. The summed E-state index contributed by atoms with van der Waals surface area (Å²) < 4.78 is 1.61. The highest BCUT2D eigenvalue weighted by molar-refractivity contribution is 7.99. The van der Waals surface area contributed by atoms with Crippen LogP contribution in [0.2, 0.25) is 5.02 Å². The van der Waals surface area contributed by atoms with E-state index < -0.39 is 4.92 Å². The zero-order valence-electron chi connectivity index (χ0n) is 13.8. The minimum Gasteiger partial charge on any atom is -0.324 e. The topological polar surface area (TPSA) is 115 Å². The molecular formula is C15H13ClN6O3S. The molecule has 3 rings (SSSR count). The van der Waals surface area contributed by atoms with Crippen molar-refractivity contribution in [3.63, 3.8) is 0 Å². The number of hydrogen-bond donors (Lipinski definition) is 1. The van der Waals surface area contributed by atoms with Gasteiger partial charge in [0, 0.05) is 23.5 Å². The van der Waals surface area contributed by atoms with Gasteiger partial charge in [-0.1, -0.05) is 23.4 Å². The van der Waals surface area contributed by atoms with Crippen molar-refractivity contribution in [3.8, 4) is 0 Å². The molecule has 0 aliphatic heterocycles. The molecule has 1 N–H and O–H groups in total. The van der Waals surface area contributed by atoms with Crippen LogP contribution in [0.1, 0.15) is 11.4 Å². The van der Waals surface area contributed by atoms with Gasteiger partial charge >= 0.3 is 0 Å². The molecule has 0 bridgehead atoms. The summed E-state index contributed by atoms with van der Waals surface area (Å²) in [5.41, 5.74) is 1.90. The molecule has 0 unspecified atom stereocenters. The summed E-state index contributed by atoms with van der Waals surface area (Å²) >= 11 is 7.11. The molecule has 0 saturated carbocycles. The summed E-state index contributed by atoms with van der Waals surface area (Å²) in [6, 6.07) is 5.74.